The Morgan fingerprint density at radius 1 is 1.50 bits per heavy atom. The number of amides is 1. The Labute approximate surface area is 182 Å². The first-order chi connectivity index (χ1) is 12.5. The number of aliphatic hydroxyl groups excluding tert-OH is 1. The van der Waals surface area contributed by atoms with Crippen LogP contribution in [0.4, 0.5) is 4.39 Å². The topological polar surface area (TPSA) is 73.8 Å². The van der Waals surface area contributed by atoms with Gasteiger partial charge < -0.3 is 20.5 Å². The van der Waals surface area contributed by atoms with Gasteiger partial charge in [0.1, 0.15) is 5.82 Å². The lowest BCUT2D eigenvalue weighted by Crippen LogP contribution is -2.49. The summed E-state index contributed by atoms with van der Waals surface area (Å²) in [4.78, 5) is 14.5. The monoisotopic (exact) mass is 457 g/mol. The Balaban J connectivity index is 0.00000196. The third-order valence-electron chi connectivity index (χ3n) is 4.94. The van der Waals surface area contributed by atoms with Gasteiger partial charge in [-0.1, -0.05) is 17.7 Å². The van der Waals surface area contributed by atoms with E-state index in [1.807, 2.05) is 6.92 Å². The molecule has 160 valence electrons. The van der Waals surface area contributed by atoms with Gasteiger partial charge in [-0.2, -0.15) is 0 Å². The van der Waals surface area contributed by atoms with Crippen molar-refractivity contribution in [3.63, 3.8) is 0 Å². The molecule has 28 heavy (non-hydrogen) atoms. The zero-order chi connectivity index (χ0) is 18.7. The molecular formula is C18H27Cl3FN3O3. The molecule has 3 N–H and O–H groups in total. The number of hydrogen-bond donors (Lipinski definition) is 3. The maximum atomic E-state index is 14.5. The number of halogens is 4. The molecule has 0 spiro atoms. The maximum absolute atomic E-state index is 14.5. The Bertz CT molecular complexity index is 635. The second-order valence-corrected chi connectivity index (χ2v) is 7.33. The Hall–Kier alpha value is -0.670. The van der Waals surface area contributed by atoms with Gasteiger partial charge in [-0.25, -0.2) is 4.39 Å². The van der Waals surface area contributed by atoms with Crippen LogP contribution >= 0.6 is 36.4 Å². The summed E-state index contributed by atoms with van der Waals surface area (Å²) in [7, 11) is 0. The van der Waals surface area contributed by atoms with Crippen LogP contribution in [0.2, 0.25) is 5.02 Å². The molecule has 4 atom stereocenters. The number of hydrogen-bond acceptors (Lipinski definition) is 5. The molecule has 2 aliphatic rings. The second kappa shape index (κ2) is 11.5. The third kappa shape index (κ3) is 6.16. The fraction of sp³-hybridized carbons (Fsp3) is 0.611. The molecule has 2 aliphatic heterocycles. The average molecular weight is 459 g/mol. The molecule has 0 radical (unpaired) electrons. The number of benzene rings is 1. The molecule has 1 aromatic carbocycles. The van der Waals surface area contributed by atoms with E-state index in [2.05, 4.69) is 15.5 Å². The first-order valence-corrected chi connectivity index (χ1v) is 9.32. The van der Waals surface area contributed by atoms with Crippen LogP contribution < -0.4 is 10.6 Å². The van der Waals surface area contributed by atoms with Crippen molar-refractivity contribution in [2.45, 2.75) is 37.6 Å². The lowest BCUT2D eigenvalue weighted by atomic mass is 10.0. The van der Waals surface area contributed by atoms with Crippen molar-refractivity contribution in [3.05, 3.63) is 34.6 Å². The molecule has 0 aliphatic carbocycles. The van der Waals surface area contributed by atoms with Crippen LogP contribution in [0.3, 0.4) is 0 Å². The molecule has 0 saturated carbocycles. The Morgan fingerprint density at radius 2 is 2.25 bits per heavy atom. The zero-order valence-corrected chi connectivity index (χ0v) is 18.0. The first kappa shape index (κ1) is 25.4. The highest BCUT2D eigenvalue weighted by molar-refractivity contribution is 6.31. The molecule has 0 bridgehead atoms. The van der Waals surface area contributed by atoms with E-state index in [0.717, 1.165) is 0 Å². The van der Waals surface area contributed by atoms with Gasteiger partial charge in [0.05, 0.1) is 30.9 Å². The highest BCUT2D eigenvalue weighted by Gasteiger charge is 2.32. The number of morpholine rings is 1. The molecule has 2 fully saturated rings. The number of rotatable bonds is 5. The van der Waals surface area contributed by atoms with E-state index in [-0.39, 0.29) is 55.2 Å². The second-order valence-electron chi connectivity index (χ2n) is 6.92. The molecule has 3 rings (SSSR count). The average Bonchev–Trinajstić information content (AvgIpc) is 3.03. The van der Waals surface area contributed by atoms with Crippen LogP contribution in [0.5, 0.6) is 0 Å². The van der Waals surface area contributed by atoms with Crippen molar-refractivity contribution in [3.8, 4) is 0 Å². The van der Waals surface area contributed by atoms with Crippen LogP contribution in [-0.2, 0) is 9.53 Å². The molecule has 6 nitrogen and oxygen atoms in total. The van der Waals surface area contributed by atoms with Crippen molar-refractivity contribution < 1.29 is 19.0 Å². The minimum absolute atomic E-state index is 0. The van der Waals surface area contributed by atoms with Gasteiger partial charge in [-0.05, 0) is 25.5 Å². The predicted molar refractivity (Wildman–Crippen MR) is 111 cm³/mol. The summed E-state index contributed by atoms with van der Waals surface area (Å²) in [5.74, 6) is -0.578. The molecule has 1 aromatic rings. The van der Waals surface area contributed by atoms with Gasteiger partial charge in [0.15, 0.2) is 0 Å². The van der Waals surface area contributed by atoms with Gasteiger partial charge >= 0.3 is 0 Å². The van der Waals surface area contributed by atoms with Gasteiger partial charge in [0, 0.05) is 36.8 Å². The van der Waals surface area contributed by atoms with Crippen molar-refractivity contribution >= 4 is 42.3 Å². The van der Waals surface area contributed by atoms with Gasteiger partial charge in [-0.3, -0.25) is 9.69 Å². The standard InChI is InChI=1S/C18H25ClFN3O3.2ClH/c1-11-10-23(5-6-26-11)16(17-13(19)3-2-4-14(17)20)9-22-18(25)15-7-12(24)8-21-15;;/h2-4,11-12,15-16,21,24H,5-10H2,1H3,(H,22,25);2*1H. The molecule has 2 heterocycles. The largest absolute Gasteiger partial charge is 0.392 e. The van der Waals surface area contributed by atoms with Crippen molar-refractivity contribution in [2.24, 2.45) is 0 Å². The molecule has 2 saturated heterocycles. The number of carbonyl (C=O) groups is 1. The Kier molecular flexibility index (Phi) is 10.4. The molecule has 0 aromatic heterocycles. The predicted octanol–water partition coefficient (Wildman–Crippen LogP) is 1.92. The Morgan fingerprint density at radius 3 is 2.86 bits per heavy atom. The van der Waals surface area contributed by atoms with E-state index < -0.39 is 12.1 Å². The van der Waals surface area contributed by atoms with Crippen molar-refractivity contribution in [2.75, 3.05) is 32.8 Å². The number of β-amino-alcohol motifs (C(OH)–C–C–N with tert-alkyl or cyclic N) is 1. The van der Waals surface area contributed by atoms with E-state index in [1.165, 1.54) is 6.07 Å². The maximum Gasteiger partial charge on any atom is 0.237 e. The molecule has 1 amide bonds. The highest BCUT2D eigenvalue weighted by atomic mass is 35.5. The summed E-state index contributed by atoms with van der Waals surface area (Å²) in [6, 6.07) is 3.81. The van der Waals surface area contributed by atoms with Crippen molar-refractivity contribution in [1.82, 2.24) is 15.5 Å². The molecule has 10 heteroatoms. The van der Waals surface area contributed by atoms with Crippen LogP contribution in [0, 0.1) is 5.82 Å². The van der Waals surface area contributed by atoms with Gasteiger partial charge in [0.2, 0.25) is 5.91 Å². The summed E-state index contributed by atoms with van der Waals surface area (Å²) < 4.78 is 20.1. The summed E-state index contributed by atoms with van der Waals surface area (Å²) in [5.41, 5.74) is 0.392. The minimum Gasteiger partial charge on any atom is -0.392 e. The van der Waals surface area contributed by atoms with E-state index in [9.17, 15) is 14.3 Å². The lowest BCUT2D eigenvalue weighted by Gasteiger charge is -2.38. The fourth-order valence-electron chi connectivity index (χ4n) is 3.61. The van der Waals surface area contributed by atoms with Gasteiger partial charge in [0.25, 0.3) is 0 Å². The smallest absolute Gasteiger partial charge is 0.237 e. The normalized spacial score (nSPS) is 26.1. The van der Waals surface area contributed by atoms with E-state index >= 15 is 0 Å². The van der Waals surface area contributed by atoms with Gasteiger partial charge in [-0.15, -0.1) is 24.8 Å². The SMILES string of the molecule is CC1CN(C(CNC(=O)C2CC(O)CN2)c2c(F)cccc2Cl)CCO1.Cl.Cl. The van der Waals surface area contributed by atoms with Crippen LogP contribution in [0.1, 0.15) is 24.9 Å². The minimum atomic E-state index is -0.511. The quantitative estimate of drug-likeness (QED) is 0.629. The first-order valence-electron chi connectivity index (χ1n) is 8.94. The summed E-state index contributed by atoms with van der Waals surface area (Å²) >= 11 is 6.29. The number of nitrogens with zero attached hydrogens (tertiary/aromatic N) is 1. The number of carbonyl (C=O) groups excluding carboxylic acids is 1. The lowest BCUT2D eigenvalue weighted by molar-refractivity contribution is -0.123. The summed E-state index contributed by atoms with van der Waals surface area (Å²) in [6.07, 6.45) is -0.104. The zero-order valence-electron chi connectivity index (χ0n) is 15.6. The van der Waals surface area contributed by atoms with Crippen LogP contribution in [0.15, 0.2) is 18.2 Å². The summed E-state index contributed by atoms with van der Waals surface area (Å²) in [5, 5.41) is 15.8. The molecular weight excluding hydrogens is 432 g/mol. The number of aliphatic hydroxyl groups is 1. The van der Waals surface area contributed by atoms with E-state index in [4.69, 9.17) is 16.3 Å². The van der Waals surface area contributed by atoms with E-state index in [0.29, 0.717) is 43.2 Å². The highest BCUT2D eigenvalue weighted by Crippen LogP contribution is 2.31. The van der Waals surface area contributed by atoms with Crippen molar-refractivity contribution in [1.29, 1.82) is 0 Å². The fourth-order valence-corrected chi connectivity index (χ4v) is 3.90. The van der Waals surface area contributed by atoms with Crippen LogP contribution in [0.25, 0.3) is 0 Å². The number of ether oxygens (including phenoxy) is 1. The number of nitrogens with one attached hydrogen (secondary N) is 2. The third-order valence-corrected chi connectivity index (χ3v) is 5.27. The molecule has 4 unspecified atom stereocenters. The van der Waals surface area contributed by atoms with E-state index in [1.54, 1.807) is 12.1 Å². The van der Waals surface area contributed by atoms with Crippen LogP contribution in [-0.4, -0.2) is 66.9 Å². The summed E-state index contributed by atoms with van der Waals surface area (Å²) in [6.45, 7) is 4.42.